The molecule has 2 saturated heterocycles. The Morgan fingerprint density at radius 1 is 1.12 bits per heavy atom. The second kappa shape index (κ2) is 8.92. The van der Waals surface area contributed by atoms with Crippen molar-refractivity contribution in [3.05, 3.63) is 53.1 Å². The largest absolute Gasteiger partial charge is 0.491 e. The molecule has 1 N–H and O–H groups in total. The van der Waals surface area contributed by atoms with Gasteiger partial charge in [0.2, 0.25) is 0 Å². The van der Waals surface area contributed by atoms with Crippen LogP contribution in [-0.4, -0.2) is 63.0 Å². The highest BCUT2D eigenvalue weighted by atomic mass is 35.5. The van der Waals surface area contributed by atoms with Gasteiger partial charge in [-0.25, -0.2) is 4.79 Å². The van der Waals surface area contributed by atoms with Crippen LogP contribution in [0.1, 0.15) is 16.8 Å². The third-order valence-corrected chi connectivity index (χ3v) is 6.20. The number of nitrogens with one attached hydrogen (secondary N) is 1. The second-order valence-electron chi connectivity index (χ2n) is 7.96. The number of hydrogen-bond acceptors (Lipinski definition) is 6. The van der Waals surface area contributed by atoms with E-state index in [0.29, 0.717) is 53.9 Å². The van der Waals surface area contributed by atoms with Crippen LogP contribution in [-0.2, 0) is 14.3 Å². The van der Waals surface area contributed by atoms with Crippen LogP contribution in [0, 0.1) is 0 Å². The fraction of sp³-hybridized carbons (Fsp3) is 0.348. The molecule has 3 aliphatic heterocycles. The molecule has 2 fully saturated rings. The van der Waals surface area contributed by atoms with Crippen molar-refractivity contribution in [3.63, 3.8) is 0 Å². The minimum Gasteiger partial charge on any atom is -0.491 e. The van der Waals surface area contributed by atoms with Gasteiger partial charge in [-0.15, -0.1) is 0 Å². The van der Waals surface area contributed by atoms with Crippen LogP contribution in [0.4, 0.5) is 16.2 Å². The molecule has 0 radical (unpaired) electrons. The normalized spacial score (nSPS) is 22.1. The van der Waals surface area contributed by atoms with Gasteiger partial charge in [0.25, 0.3) is 11.8 Å². The molecule has 0 aliphatic carbocycles. The molecular weight excluding hydrogens is 450 g/mol. The van der Waals surface area contributed by atoms with E-state index in [-0.39, 0.29) is 31.0 Å². The van der Waals surface area contributed by atoms with Crippen molar-refractivity contribution in [3.8, 4) is 5.75 Å². The van der Waals surface area contributed by atoms with Crippen LogP contribution in [0.15, 0.2) is 42.5 Å². The lowest BCUT2D eigenvalue weighted by atomic mass is 10.1. The van der Waals surface area contributed by atoms with E-state index < -0.39 is 12.2 Å². The minimum atomic E-state index is -0.524. The van der Waals surface area contributed by atoms with Gasteiger partial charge in [-0.3, -0.25) is 14.5 Å². The van der Waals surface area contributed by atoms with Crippen LogP contribution in [0.25, 0.3) is 0 Å². The maximum absolute atomic E-state index is 12.8. The molecule has 2 atom stereocenters. The summed E-state index contributed by atoms with van der Waals surface area (Å²) in [5.41, 5.74) is 1.75. The van der Waals surface area contributed by atoms with Crippen molar-refractivity contribution in [1.82, 2.24) is 5.32 Å². The maximum Gasteiger partial charge on any atom is 0.415 e. The molecule has 3 heterocycles. The number of fused-ring (bicyclic) bond motifs is 3. The second-order valence-corrected chi connectivity index (χ2v) is 8.40. The van der Waals surface area contributed by atoms with Crippen molar-refractivity contribution in [2.75, 3.05) is 42.7 Å². The number of ether oxygens (including phenoxy) is 3. The molecular formula is C23H22ClN3O6. The van der Waals surface area contributed by atoms with Gasteiger partial charge >= 0.3 is 6.09 Å². The molecule has 2 aromatic carbocycles. The fourth-order valence-corrected chi connectivity index (χ4v) is 4.42. The molecule has 0 unspecified atom stereocenters. The summed E-state index contributed by atoms with van der Waals surface area (Å²) in [5, 5.41) is 3.38. The molecule has 9 nitrogen and oxygen atoms in total. The van der Waals surface area contributed by atoms with E-state index >= 15 is 0 Å². The molecule has 10 heteroatoms. The first-order valence-electron chi connectivity index (χ1n) is 10.7. The Labute approximate surface area is 195 Å². The number of amides is 3. The summed E-state index contributed by atoms with van der Waals surface area (Å²) < 4.78 is 16.7. The lowest BCUT2D eigenvalue weighted by molar-refractivity contribution is -0.125. The van der Waals surface area contributed by atoms with Crippen LogP contribution in [0.3, 0.4) is 0 Å². The molecule has 3 amide bonds. The van der Waals surface area contributed by atoms with Crippen molar-refractivity contribution in [2.24, 2.45) is 0 Å². The first kappa shape index (κ1) is 21.5. The van der Waals surface area contributed by atoms with E-state index in [1.165, 1.54) is 0 Å². The minimum absolute atomic E-state index is 0.0435. The lowest BCUT2D eigenvalue weighted by Crippen LogP contribution is -2.42. The van der Waals surface area contributed by atoms with Gasteiger partial charge < -0.3 is 24.4 Å². The highest BCUT2D eigenvalue weighted by Gasteiger charge is 2.45. The Balaban J connectivity index is 1.32. The van der Waals surface area contributed by atoms with E-state index in [4.69, 9.17) is 25.8 Å². The number of benzene rings is 2. The van der Waals surface area contributed by atoms with Crippen molar-refractivity contribution < 1.29 is 28.6 Å². The highest BCUT2D eigenvalue weighted by molar-refractivity contribution is 6.30. The van der Waals surface area contributed by atoms with Crippen molar-refractivity contribution in [2.45, 2.75) is 18.6 Å². The molecule has 0 saturated carbocycles. The number of anilines is 2. The Morgan fingerprint density at radius 2 is 1.94 bits per heavy atom. The van der Waals surface area contributed by atoms with E-state index in [2.05, 4.69) is 5.32 Å². The number of halogens is 1. The third-order valence-electron chi connectivity index (χ3n) is 5.95. The monoisotopic (exact) mass is 471 g/mol. The number of cyclic esters (lactones) is 1. The fourth-order valence-electron chi connectivity index (χ4n) is 4.30. The average molecular weight is 472 g/mol. The van der Waals surface area contributed by atoms with Gasteiger partial charge in [0.15, 0.2) is 0 Å². The lowest BCUT2D eigenvalue weighted by Gasteiger charge is -2.28. The van der Waals surface area contributed by atoms with E-state index in [9.17, 15) is 14.4 Å². The zero-order chi connectivity index (χ0) is 22.9. The van der Waals surface area contributed by atoms with Crippen molar-refractivity contribution >= 4 is 40.9 Å². The summed E-state index contributed by atoms with van der Waals surface area (Å²) in [5.74, 6) is 0.119. The molecule has 2 aromatic rings. The average Bonchev–Trinajstić information content (AvgIpc) is 3.00. The van der Waals surface area contributed by atoms with Gasteiger partial charge in [0, 0.05) is 35.3 Å². The van der Waals surface area contributed by atoms with Crippen LogP contribution in [0.5, 0.6) is 5.75 Å². The van der Waals surface area contributed by atoms with Crippen molar-refractivity contribution in [1.29, 1.82) is 0 Å². The first-order chi connectivity index (χ1) is 16.0. The number of rotatable bonds is 4. The molecule has 3 aliphatic rings. The van der Waals surface area contributed by atoms with Crippen LogP contribution in [0.2, 0.25) is 5.02 Å². The number of morpholine rings is 1. The first-order valence-corrected chi connectivity index (χ1v) is 11.1. The van der Waals surface area contributed by atoms with Gasteiger partial charge in [0.05, 0.1) is 31.5 Å². The zero-order valence-corrected chi connectivity index (χ0v) is 18.4. The van der Waals surface area contributed by atoms with Gasteiger partial charge in [-0.1, -0.05) is 11.6 Å². The molecule has 0 bridgehead atoms. The molecule has 0 aromatic heterocycles. The number of carbonyl (C=O) groups excluding carboxylic acids is 3. The summed E-state index contributed by atoms with van der Waals surface area (Å²) >= 11 is 5.88. The Bertz CT molecular complexity index is 1090. The van der Waals surface area contributed by atoms with Crippen LogP contribution < -0.4 is 19.9 Å². The predicted molar refractivity (Wildman–Crippen MR) is 120 cm³/mol. The number of carbonyl (C=O) groups is 3. The van der Waals surface area contributed by atoms with Gasteiger partial charge in [-0.2, -0.15) is 0 Å². The Morgan fingerprint density at radius 3 is 2.73 bits per heavy atom. The van der Waals surface area contributed by atoms with E-state index in [1.54, 1.807) is 52.3 Å². The smallest absolute Gasteiger partial charge is 0.415 e. The number of hydrogen-bond donors (Lipinski definition) is 1. The highest BCUT2D eigenvalue weighted by Crippen LogP contribution is 2.40. The van der Waals surface area contributed by atoms with E-state index in [0.717, 1.165) is 0 Å². The zero-order valence-electron chi connectivity index (χ0n) is 17.7. The van der Waals surface area contributed by atoms with E-state index in [1.807, 2.05) is 0 Å². The SMILES string of the molecule is O=C(NC[C@@H]1OC(=O)N2c3ccc(N4CCOCC4=O)cc3OCC[C@@H]12)c1ccc(Cl)cc1. The standard InChI is InChI=1S/C23H22ClN3O6/c24-15-3-1-14(2-4-15)22(29)25-12-20-18-7-9-32-19-11-16(26-8-10-31-13-21(26)28)5-6-17(19)27(18)23(30)33-20/h1-6,11,18,20H,7-10,12-13H2,(H,25,29)/t18-,20-/m0/s1. The quantitative estimate of drug-likeness (QED) is 0.736. The molecule has 5 rings (SSSR count). The van der Waals surface area contributed by atoms with Gasteiger partial charge in [-0.05, 0) is 36.4 Å². The van der Waals surface area contributed by atoms with Crippen LogP contribution >= 0.6 is 11.6 Å². The Hall–Kier alpha value is -3.30. The summed E-state index contributed by atoms with van der Waals surface area (Å²) in [6.07, 6.45) is -0.482. The topological polar surface area (TPSA) is 97.4 Å². The summed E-state index contributed by atoms with van der Waals surface area (Å²) in [6, 6.07) is 11.6. The molecule has 172 valence electrons. The summed E-state index contributed by atoms with van der Waals surface area (Å²) in [6.45, 7) is 1.51. The maximum atomic E-state index is 12.8. The molecule has 0 spiro atoms. The third kappa shape index (κ3) is 4.21. The Kier molecular flexibility index (Phi) is 5.82. The molecule has 33 heavy (non-hydrogen) atoms. The summed E-state index contributed by atoms with van der Waals surface area (Å²) in [7, 11) is 0. The number of nitrogens with zero attached hydrogens (tertiary/aromatic N) is 2. The predicted octanol–water partition coefficient (Wildman–Crippen LogP) is 2.61. The summed E-state index contributed by atoms with van der Waals surface area (Å²) in [4.78, 5) is 40.6. The van der Waals surface area contributed by atoms with Gasteiger partial charge in [0.1, 0.15) is 18.5 Å².